The van der Waals surface area contributed by atoms with Gasteiger partial charge in [-0.25, -0.2) is 0 Å². The van der Waals surface area contributed by atoms with Crippen LogP contribution in [-0.2, 0) is 6.42 Å². The summed E-state index contributed by atoms with van der Waals surface area (Å²) in [6.07, 6.45) is 0.592. The molecule has 0 aliphatic heterocycles. The second-order valence-corrected chi connectivity index (χ2v) is 3.66. The number of hydrogen-bond acceptors (Lipinski definition) is 2. The Bertz CT molecular complexity index is 319. The second kappa shape index (κ2) is 5.00. The molecule has 3 heteroatoms. The van der Waals surface area contributed by atoms with Crippen LogP contribution in [0.25, 0.3) is 0 Å². The van der Waals surface area contributed by atoms with Crippen LogP contribution in [-0.4, -0.2) is 11.7 Å². The highest BCUT2D eigenvalue weighted by molar-refractivity contribution is 9.10. The van der Waals surface area contributed by atoms with E-state index in [-0.39, 0.29) is 12.5 Å². The van der Waals surface area contributed by atoms with Gasteiger partial charge in [0.15, 0.2) is 0 Å². The van der Waals surface area contributed by atoms with Gasteiger partial charge >= 0.3 is 0 Å². The van der Waals surface area contributed by atoms with Gasteiger partial charge in [-0.3, -0.25) is 0 Å². The minimum atomic E-state index is -0.307. The van der Waals surface area contributed by atoms with Crippen LogP contribution >= 0.6 is 15.9 Å². The molecule has 0 saturated carbocycles. The van der Waals surface area contributed by atoms with Crippen LogP contribution in [0, 0.1) is 17.2 Å². The van der Waals surface area contributed by atoms with Gasteiger partial charge in [-0.15, -0.1) is 0 Å². The number of aliphatic hydroxyl groups excluding tert-OH is 1. The van der Waals surface area contributed by atoms with Gasteiger partial charge in [0.1, 0.15) is 0 Å². The maximum Gasteiger partial charge on any atom is 0.0735 e. The van der Waals surface area contributed by atoms with E-state index in [1.165, 1.54) is 0 Å². The topological polar surface area (TPSA) is 44.0 Å². The van der Waals surface area contributed by atoms with Crippen LogP contribution in [0.4, 0.5) is 0 Å². The zero-order chi connectivity index (χ0) is 9.68. The Kier molecular flexibility index (Phi) is 3.94. The molecule has 0 amide bonds. The van der Waals surface area contributed by atoms with Crippen LogP contribution < -0.4 is 0 Å². The van der Waals surface area contributed by atoms with E-state index in [1.54, 1.807) is 0 Å². The minimum Gasteiger partial charge on any atom is -0.395 e. The molecule has 0 aliphatic rings. The summed E-state index contributed by atoms with van der Waals surface area (Å²) in [7, 11) is 0. The highest BCUT2D eigenvalue weighted by Crippen LogP contribution is 2.18. The van der Waals surface area contributed by atoms with Crippen LogP contribution in [0.2, 0.25) is 0 Å². The zero-order valence-corrected chi connectivity index (χ0v) is 8.66. The second-order valence-electron chi connectivity index (χ2n) is 2.80. The molecular formula is C10H10BrNO. The normalized spacial score (nSPS) is 12.1. The average molecular weight is 240 g/mol. The van der Waals surface area contributed by atoms with Crippen LogP contribution in [0.5, 0.6) is 0 Å². The summed E-state index contributed by atoms with van der Waals surface area (Å²) < 4.78 is 0.990. The molecular weight excluding hydrogens is 230 g/mol. The van der Waals surface area contributed by atoms with E-state index < -0.39 is 0 Å². The lowest BCUT2D eigenvalue weighted by atomic mass is 10.0. The molecule has 0 fully saturated rings. The fraction of sp³-hybridized carbons (Fsp3) is 0.300. The molecule has 13 heavy (non-hydrogen) atoms. The first-order valence-corrected chi connectivity index (χ1v) is 4.81. The van der Waals surface area contributed by atoms with Gasteiger partial charge in [0, 0.05) is 4.47 Å². The first-order valence-electron chi connectivity index (χ1n) is 4.01. The molecule has 0 saturated heterocycles. The molecule has 1 rings (SSSR count). The van der Waals surface area contributed by atoms with Crippen molar-refractivity contribution < 1.29 is 5.11 Å². The lowest BCUT2D eigenvalue weighted by Gasteiger charge is -2.06. The van der Waals surface area contributed by atoms with Crippen LogP contribution in [0.3, 0.4) is 0 Å². The number of nitriles is 1. The molecule has 0 radical (unpaired) electrons. The Labute approximate surface area is 85.9 Å². The Morgan fingerprint density at radius 1 is 1.46 bits per heavy atom. The number of halogens is 1. The Hall–Kier alpha value is -0.850. The summed E-state index contributed by atoms with van der Waals surface area (Å²) in [6.45, 7) is -0.0855. The third-order valence-electron chi connectivity index (χ3n) is 1.83. The molecule has 1 aromatic rings. The van der Waals surface area contributed by atoms with E-state index in [2.05, 4.69) is 22.0 Å². The molecule has 1 N–H and O–H groups in total. The predicted molar refractivity (Wildman–Crippen MR) is 54.0 cm³/mol. The molecule has 0 aromatic heterocycles. The maximum absolute atomic E-state index is 8.84. The van der Waals surface area contributed by atoms with E-state index in [0.717, 1.165) is 10.0 Å². The van der Waals surface area contributed by atoms with Crippen LogP contribution in [0.1, 0.15) is 5.56 Å². The van der Waals surface area contributed by atoms with E-state index in [4.69, 9.17) is 10.4 Å². The molecule has 0 aliphatic carbocycles. The summed E-state index contributed by atoms with van der Waals surface area (Å²) in [4.78, 5) is 0. The van der Waals surface area contributed by atoms with E-state index in [0.29, 0.717) is 6.42 Å². The minimum absolute atomic E-state index is 0.0855. The monoisotopic (exact) mass is 239 g/mol. The van der Waals surface area contributed by atoms with Crippen molar-refractivity contribution >= 4 is 15.9 Å². The van der Waals surface area contributed by atoms with Gasteiger partial charge in [-0.05, 0) is 18.1 Å². The Morgan fingerprint density at radius 2 is 2.15 bits per heavy atom. The first kappa shape index (κ1) is 10.2. The van der Waals surface area contributed by atoms with E-state index in [1.807, 2.05) is 24.3 Å². The third kappa shape index (κ3) is 2.83. The average Bonchev–Trinajstić information content (AvgIpc) is 2.17. The summed E-state index contributed by atoms with van der Waals surface area (Å²) in [5.41, 5.74) is 1.06. The molecule has 0 spiro atoms. The molecule has 1 atom stereocenters. The smallest absolute Gasteiger partial charge is 0.0735 e. The molecule has 1 aromatic carbocycles. The van der Waals surface area contributed by atoms with Crippen LogP contribution in [0.15, 0.2) is 28.7 Å². The lowest BCUT2D eigenvalue weighted by Crippen LogP contribution is -2.06. The van der Waals surface area contributed by atoms with Crippen molar-refractivity contribution in [3.8, 4) is 6.07 Å². The van der Waals surface area contributed by atoms with Crippen molar-refractivity contribution in [2.45, 2.75) is 6.42 Å². The van der Waals surface area contributed by atoms with Gasteiger partial charge in [-0.2, -0.15) is 5.26 Å². The standard InChI is InChI=1S/C10H10BrNO/c11-10-4-2-1-3-9(10)5-8(6-12)7-13/h1-4,8,13H,5,7H2/t8-/m1/s1. The highest BCUT2D eigenvalue weighted by Gasteiger charge is 2.08. The van der Waals surface area contributed by atoms with Gasteiger partial charge < -0.3 is 5.11 Å². The maximum atomic E-state index is 8.84. The van der Waals surface area contributed by atoms with Crippen molar-refractivity contribution in [1.29, 1.82) is 5.26 Å². The number of nitrogens with zero attached hydrogens (tertiary/aromatic N) is 1. The highest BCUT2D eigenvalue weighted by atomic mass is 79.9. The predicted octanol–water partition coefficient (Wildman–Crippen LogP) is 2.12. The zero-order valence-electron chi connectivity index (χ0n) is 7.07. The first-order chi connectivity index (χ1) is 6.27. The number of hydrogen-bond donors (Lipinski definition) is 1. The molecule has 2 nitrogen and oxygen atoms in total. The largest absolute Gasteiger partial charge is 0.395 e. The molecule has 0 unspecified atom stereocenters. The Morgan fingerprint density at radius 3 is 2.69 bits per heavy atom. The summed E-state index contributed by atoms with van der Waals surface area (Å²) >= 11 is 3.39. The summed E-state index contributed by atoms with van der Waals surface area (Å²) in [5, 5.41) is 17.5. The number of benzene rings is 1. The van der Waals surface area contributed by atoms with Crippen molar-refractivity contribution in [3.63, 3.8) is 0 Å². The van der Waals surface area contributed by atoms with Crippen molar-refractivity contribution in [3.05, 3.63) is 34.3 Å². The molecule has 0 heterocycles. The van der Waals surface area contributed by atoms with Gasteiger partial charge in [-0.1, -0.05) is 34.1 Å². The van der Waals surface area contributed by atoms with E-state index >= 15 is 0 Å². The SMILES string of the molecule is N#C[C@H](CO)Cc1ccccc1Br. The van der Waals surface area contributed by atoms with Crippen molar-refractivity contribution in [2.75, 3.05) is 6.61 Å². The molecule has 68 valence electrons. The fourth-order valence-electron chi connectivity index (χ4n) is 1.08. The number of aliphatic hydroxyl groups is 1. The van der Waals surface area contributed by atoms with E-state index in [9.17, 15) is 0 Å². The van der Waals surface area contributed by atoms with Gasteiger partial charge in [0.2, 0.25) is 0 Å². The summed E-state index contributed by atoms with van der Waals surface area (Å²) in [5.74, 6) is -0.307. The quantitative estimate of drug-likeness (QED) is 0.879. The van der Waals surface area contributed by atoms with Crippen molar-refractivity contribution in [1.82, 2.24) is 0 Å². The third-order valence-corrected chi connectivity index (χ3v) is 2.60. The van der Waals surface area contributed by atoms with Gasteiger partial charge in [0.05, 0.1) is 18.6 Å². The van der Waals surface area contributed by atoms with Crippen molar-refractivity contribution in [2.24, 2.45) is 5.92 Å². The summed E-state index contributed by atoms with van der Waals surface area (Å²) in [6, 6.07) is 9.78. The molecule has 0 bridgehead atoms. The fourth-order valence-corrected chi connectivity index (χ4v) is 1.53. The number of rotatable bonds is 3. The van der Waals surface area contributed by atoms with Gasteiger partial charge in [0.25, 0.3) is 0 Å². The lowest BCUT2D eigenvalue weighted by molar-refractivity contribution is 0.255. The Balaban J connectivity index is 2.74.